The molecule has 0 fully saturated rings. The molecule has 0 saturated carbocycles. The number of halogens is 2. The fourth-order valence-corrected chi connectivity index (χ4v) is 2.94. The van der Waals surface area contributed by atoms with Gasteiger partial charge in [0.15, 0.2) is 6.61 Å². The Morgan fingerprint density at radius 1 is 1.18 bits per heavy atom. The smallest absolute Gasteiger partial charge is 0.257 e. The minimum atomic E-state index is -0.132. The number of nitrogens with one attached hydrogen (secondary N) is 1. The monoisotopic (exact) mass is 399 g/mol. The van der Waals surface area contributed by atoms with E-state index < -0.39 is 0 Å². The minimum Gasteiger partial charge on any atom is -0.483 e. The van der Waals surface area contributed by atoms with Crippen molar-refractivity contribution in [3.05, 3.63) is 58.0 Å². The van der Waals surface area contributed by atoms with Crippen LogP contribution in [0.15, 0.2) is 57.9 Å². The van der Waals surface area contributed by atoms with Crippen LogP contribution in [-0.2, 0) is 4.79 Å². The lowest BCUT2D eigenvalue weighted by molar-refractivity contribution is -0.122. The van der Waals surface area contributed by atoms with Gasteiger partial charge in [-0.2, -0.15) is 0 Å². The SMILES string of the molecule is O=C(COc1ccccc1Br)NCCSc1ccc(Cl)cc1. The Hall–Kier alpha value is -1.17. The van der Waals surface area contributed by atoms with Gasteiger partial charge >= 0.3 is 0 Å². The summed E-state index contributed by atoms with van der Waals surface area (Å²) in [5, 5.41) is 3.55. The second-order valence-electron chi connectivity index (χ2n) is 4.37. The molecule has 1 N–H and O–H groups in total. The predicted molar refractivity (Wildman–Crippen MR) is 94.8 cm³/mol. The molecule has 116 valence electrons. The molecule has 0 aliphatic rings. The molecule has 2 aromatic carbocycles. The lowest BCUT2D eigenvalue weighted by Gasteiger charge is -2.08. The number of hydrogen-bond acceptors (Lipinski definition) is 3. The molecule has 0 atom stereocenters. The maximum absolute atomic E-state index is 11.7. The molecule has 6 heteroatoms. The van der Waals surface area contributed by atoms with E-state index in [9.17, 15) is 4.79 Å². The van der Waals surface area contributed by atoms with Crippen molar-refractivity contribution in [3.63, 3.8) is 0 Å². The lowest BCUT2D eigenvalue weighted by Crippen LogP contribution is -2.30. The van der Waals surface area contributed by atoms with E-state index >= 15 is 0 Å². The summed E-state index contributed by atoms with van der Waals surface area (Å²) < 4.78 is 6.28. The highest BCUT2D eigenvalue weighted by molar-refractivity contribution is 9.10. The lowest BCUT2D eigenvalue weighted by atomic mass is 10.3. The highest BCUT2D eigenvalue weighted by atomic mass is 79.9. The van der Waals surface area contributed by atoms with Gasteiger partial charge in [-0.3, -0.25) is 4.79 Å². The first-order valence-corrected chi connectivity index (χ1v) is 8.83. The van der Waals surface area contributed by atoms with Crippen LogP contribution in [0, 0.1) is 0 Å². The highest BCUT2D eigenvalue weighted by Gasteiger charge is 2.04. The van der Waals surface area contributed by atoms with Crippen LogP contribution in [-0.4, -0.2) is 24.8 Å². The van der Waals surface area contributed by atoms with E-state index in [4.69, 9.17) is 16.3 Å². The van der Waals surface area contributed by atoms with Crippen molar-refractivity contribution in [2.45, 2.75) is 4.90 Å². The maximum Gasteiger partial charge on any atom is 0.257 e. The number of thioether (sulfide) groups is 1. The Bertz CT molecular complexity index is 622. The summed E-state index contributed by atoms with van der Waals surface area (Å²) >= 11 is 10.9. The largest absolute Gasteiger partial charge is 0.483 e. The summed E-state index contributed by atoms with van der Waals surface area (Å²) in [7, 11) is 0. The van der Waals surface area contributed by atoms with E-state index in [0.29, 0.717) is 12.3 Å². The van der Waals surface area contributed by atoms with E-state index in [1.165, 1.54) is 0 Å². The summed E-state index contributed by atoms with van der Waals surface area (Å²) in [6, 6.07) is 15.1. The molecular formula is C16H15BrClNO2S. The van der Waals surface area contributed by atoms with Gasteiger partial charge in [0, 0.05) is 22.2 Å². The van der Waals surface area contributed by atoms with Crippen LogP contribution in [0.1, 0.15) is 0 Å². The summed E-state index contributed by atoms with van der Waals surface area (Å²) in [6.45, 7) is 0.597. The number of carbonyl (C=O) groups excluding carboxylic acids is 1. The first-order chi connectivity index (χ1) is 10.6. The zero-order valence-electron chi connectivity index (χ0n) is 11.7. The van der Waals surface area contributed by atoms with Gasteiger partial charge in [0.25, 0.3) is 5.91 Å². The standard InChI is InChI=1S/C16H15BrClNO2S/c17-14-3-1-2-4-15(14)21-11-16(20)19-9-10-22-13-7-5-12(18)6-8-13/h1-8H,9-11H2,(H,19,20). The van der Waals surface area contributed by atoms with Crippen LogP contribution >= 0.6 is 39.3 Å². The zero-order chi connectivity index (χ0) is 15.8. The molecule has 0 aliphatic heterocycles. The van der Waals surface area contributed by atoms with Crippen molar-refractivity contribution in [2.75, 3.05) is 18.9 Å². The quantitative estimate of drug-likeness (QED) is 0.553. The van der Waals surface area contributed by atoms with Gasteiger partial charge in [-0.25, -0.2) is 0 Å². The molecule has 2 aromatic rings. The van der Waals surface area contributed by atoms with Crippen LogP contribution in [0.2, 0.25) is 5.02 Å². The number of carbonyl (C=O) groups is 1. The Labute approximate surface area is 147 Å². The number of benzene rings is 2. The first kappa shape index (κ1) is 17.2. The highest BCUT2D eigenvalue weighted by Crippen LogP contribution is 2.23. The molecule has 22 heavy (non-hydrogen) atoms. The number of ether oxygens (including phenoxy) is 1. The van der Waals surface area contributed by atoms with Crippen LogP contribution in [0.5, 0.6) is 5.75 Å². The second kappa shape index (κ2) is 9.08. The van der Waals surface area contributed by atoms with Crippen molar-refractivity contribution in [3.8, 4) is 5.75 Å². The topological polar surface area (TPSA) is 38.3 Å². The third-order valence-electron chi connectivity index (χ3n) is 2.70. The van der Waals surface area contributed by atoms with Crippen molar-refractivity contribution >= 4 is 45.2 Å². The molecule has 0 aliphatic carbocycles. The normalized spacial score (nSPS) is 10.3. The third-order valence-corrected chi connectivity index (χ3v) is 4.62. The van der Waals surface area contributed by atoms with E-state index in [2.05, 4.69) is 21.2 Å². The zero-order valence-corrected chi connectivity index (χ0v) is 14.9. The summed E-state index contributed by atoms with van der Waals surface area (Å²) in [4.78, 5) is 12.8. The van der Waals surface area contributed by atoms with Gasteiger partial charge in [-0.15, -0.1) is 11.8 Å². The minimum absolute atomic E-state index is 0.00816. The Kier molecular flexibility index (Phi) is 7.09. The maximum atomic E-state index is 11.7. The van der Waals surface area contributed by atoms with E-state index in [-0.39, 0.29) is 12.5 Å². The van der Waals surface area contributed by atoms with Gasteiger partial charge in [0.1, 0.15) is 5.75 Å². The predicted octanol–water partition coefficient (Wildman–Crippen LogP) is 4.39. The van der Waals surface area contributed by atoms with E-state index in [1.807, 2.05) is 48.5 Å². The number of hydrogen-bond donors (Lipinski definition) is 1. The van der Waals surface area contributed by atoms with Crippen molar-refractivity contribution in [1.82, 2.24) is 5.32 Å². The number of para-hydroxylation sites is 1. The third kappa shape index (κ3) is 5.91. The Morgan fingerprint density at radius 3 is 2.64 bits per heavy atom. The average molecular weight is 401 g/mol. The van der Waals surface area contributed by atoms with Crippen LogP contribution < -0.4 is 10.1 Å². The molecule has 0 radical (unpaired) electrons. The van der Waals surface area contributed by atoms with Crippen molar-refractivity contribution < 1.29 is 9.53 Å². The fraction of sp³-hybridized carbons (Fsp3) is 0.188. The van der Waals surface area contributed by atoms with Gasteiger partial charge in [0.2, 0.25) is 0 Å². The summed E-state index contributed by atoms with van der Waals surface area (Å²) in [5.74, 6) is 1.32. The molecule has 0 unspecified atom stereocenters. The fourth-order valence-electron chi connectivity index (χ4n) is 1.65. The first-order valence-electron chi connectivity index (χ1n) is 6.67. The van der Waals surface area contributed by atoms with E-state index in [1.54, 1.807) is 11.8 Å². The summed E-state index contributed by atoms with van der Waals surface area (Å²) in [6.07, 6.45) is 0. The molecule has 0 bridgehead atoms. The van der Waals surface area contributed by atoms with Crippen molar-refractivity contribution in [1.29, 1.82) is 0 Å². The molecule has 2 rings (SSSR count). The molecule has 0 saturated heterocycles. The molecule has 0 aromatic heterocycles. The molecule has 1 amide bonds. The Balaban J connectivity index is 1.64. The van der Waals surface area contributed by atoms with Gasteiger partial charge in [-0.05, 0) is 52.3 Å². The average Bonchev–Trinajstić information content (AvgIpc) is 2.52. The van der Waals surface area contributed by atoms with Gasteiger partial charge in [-0.1, -0.05) is 23.7 Å². The Morgan fingerprint density at radius 2 is 1.91 bits per heavy atom. The van der Waals surface area contributed by atoms with Crippen LogP contribution in [0.3, 0.4) is 0 Å². The number of amides is 1. The molecule has 3 nitrogen and oxygen atoms in total. The number of rotatable bonds is 7. The summed E-state index contributed by atoms with van der Waals surface area (Å²) in [5.41, 5.74) is 0. The van der Waals surface area contributed by atoms with Crippen molar-refractivity contribution in [2.24, 2.45) is 0 Å². The second-order valence-corrected chi connectivity index (χ2v) is 6.83. The van der Waals surface area contributed by atoms with Gasteiger partial charge in [0.05, 0.1) is 4.47 Å². The molecule has 0 heterocycles. The van der Waals surface area contributed by atoms with E-state index in [0.717, 1.165) is 20.1 Å². The molecule has 0 spiro atoms. The van der Waals surface area contributed by atoms with Crippen LogP contribution in [0.4, 0.5) is 0 Å². The van der Waals surface area contributed by atoms with Crippen LogP contribution in [0.25, 0.3) is 0 Å². The molecular weight excluding hydrogens is 386 g/mol. The van der Waals surface area contributed by atoms with Gasteiger partial charge < -0.3 is 10.1 Å².